The number of rotatable bonds is 6. The maximum atomic E-state index is 12.6. The zero-order valence-corrected chi connectivity index (χ0v) is 17.4. The summed E-state index contributed by atoms with van der Waals surface area (Å²) in [4.78, 5) is 12.6. The van der Waals surface area contributed by atoms with Crippen LogP contribution in [0.15, 0.2) is 53.7 Å². The topological polar surface area (TPSA) is 69.0 Å². The van der Waals surface area contributed by atoms with E-state index >= 15 is 0 Å². The molecule has 0 spiro atoms. The van der Waals surface area contributed by atoms with Gasteiger partial charge in [0.1, 0.15) is 5.75 Å². The Labute approximate surface area is 174 Å². The van der Waals surface area contributed by atoms with E-state index in [0.717, 1.165) is 30.6 Å². The monoisotopic (exact) mass is 408 g/mol. The van der Waals surface area contributed by atoms with Crippen LogP contribution in [-0.4, -0.2) is 33.5 Å². The summed E-state index contributed by atoms with van der Waals surface area (Å²) in [6, 6.07) is 16.2. The second kappa shape index (κ2) is 8.69. The molecule has 7 heteroatoms. The van der Waals surface area contributed by atoms with E-state index in [1.54, 1.807) is 7.11 Å². The minimum Gasteiger partial charge on any atom is -0.496 e. The molecule has 2 aromatic carbocycles. The SMILES string of the molecule is COc1ccccc1-c1nnc(SCC(=O)N[C@@H]2CCCc3ccccc32)n1C. The van der Waals surface area contributed by atoms with E-state index in [4.69, 9.17) is 4.74 Å². The van der Waals surface area contributed by atoms with Gasteiger partial charge < -0.3 is 14.6 Å². The molecule has 0 unspecified atom stereocenters. The highest BCUT2D eigenvalue weighted by molar-refractivity contribution is 7.99. The van der Waals surface area contributed by atoms with Gasteiger partial charge in [0.2, 0.25) is 5.91 Å². The number of carbonyl (C=O) groups is 1. The lowest BCUT2D eigenvalue weighted by atomic mass is 9.88. The van der Waals surface area contributed by atoms with Crippen molar-refractivity contribution < 1.29 is 9.53 Å². The van der Waals surface area contributed by atoms with Crippen molar-refractivity contribution in [1.29, 1.82) is 0 Å². The number of carbonyl (C=O) groups excluding carboxylic acids is 1. The first-order valence-electron chi connectivity index (χ1n) is 9.70. The number of fused-ring (bicyclic) bond motifs is 1. The normalized spacial score (nSPS) is 15.6. The summed E-state index contributed by atoms with van der Waals surface area (Å²) in [6.45, 7) is 0. The fraction of sp³-hybridized carbons (Fsp3) is 0.318. The highest BCUT2D eigenvalue weighted by atomic mass is 32.2. The average molecular weight is 409 g/mol. The van der Waals surface area contributed by atoms with E-state index in [1.807, 2.05) is 41.9 Å². The molecule has 0 aliphatic heterocycles. The summed E-state index contributed by atoms with van der Waals surface area (Å²) < 4.78 is 7.32. The molecule has 3 aromatic rings. The number of nitrogens with one attached hydrogen (secondary N) is 1. The number of aryl methyl sites for hydroxylation is 1. The molecule has 150 valence electrons. The molecule has 4 rings (SSSR count). The lowest BCUT2D eigenvalue weighted by Gasteiger charge is -2.26. The Bertz CT molecular complexity index is 1020. The van der Waals surface area contributed by atoms with E-state index < -0.39 is 0 Å². The minimum absolute atomic E-state index is 0.0125. The van der Waals surface area contributed by atoms with Crippen molar-refractivity contribution >= 4 is 17.7 Å². The molecule has 1 aliphatic rings. The van der Waals surface area contributed by atoms with Crippen molar-refractivity contribution in [2.45, 2.75) is 30.5 Å². The van der Waals surface area contributed by atoms with Crippen molar-refractivity contribution in [3.63, 3.8) is 0 Å². The Hall–Kier alpha value is -2.80. The molecular formula is C22H24N4O2S. The zero-order chi connectivity index (χ0) is 20.2. The van der Waals surface area contributed by atoms with Crippen LogP contribution in [-0.2, 0) is 18.3 Å². The van der Waals surface area contributed by atoms with Gasteiger partial charge in [0.25, 0.3) is 0 Å². The molecule has 0 bridgehead atoms. The third-order valence-electron chi connectivity index (χ3n) is 5.22. The number of ether oxygens (including phenoxy) is 1. The predicted molar refractivity (Wildman–Crippen MR) is 114 cm³/mol. The Kier molecular flexibility index (Phi) is 5.85. The number of nitrogens with zero attached hydrogens (tertiary/aromatic N) is 3. The lowest BCUT2D eigenvalue weighted by molar-refractivity contribution is -0.119. The number of methoxy groups -OCH3 is 1. The fourth-order valence-electron chi connectivity index (χ4n) is 3.77. The molecule has 1 heterocycles. The van der Waals surface area contributed by atoms with Crippen LogP contribution in [0.1, 0.15) is 30.0 Å². The van der Waals surface area contributed by atoms with Gasteiger partial charge in [-0.2, -0.15) is 0 Å². The quantitative estimate of drug-likeness (QED) is 0.629. The van der Waals surface area contributed by atoms with Gasteiger partial charge >= 0.3 is 0 Å². The summed E-state index contributed by atoms with van der Waals surface area (Å²) in [5, 5.41) is 12.4. The zero-order valence-electron chi connectivity index (χ0n) is 16.6. The van der Waals surface area contributed by atoms with Crippen LogP contribution in [0, 0.1) is 0 Å². The number of hydrogen-bond donors (Lipinski definition) is 1. The standard InChI is InChI=1S/C22H24N4O2S/c1-26-21(17-11-5-6-13-19(17)28-2)24-25-22(26)29-14-20(27)23-18-12-7-9-15-8-3-4-10-16(15)18/h3-6,8,10-11,13,18H,7,9,12,14H2,1-2H3,(H,23,27)/t18-/m1/s1. The molecule has 1 aliphatic carbocycles. The smallest absolute Gasteiger partial charge is 0.230 e. The number of thioether (sulfide) groups is 1. The number of aromatic nitrogens is 3. The molecule has 1 N–H and O–H groups in total. The van der Waals surface area contributed by atoms with Crippen LogP contribution in [0.5, 0.6) is 5.75 Å². The molecule has 0 saturated heterocycles. The van der Waals surface area contributed by atoms with Crippen LogP contribution < -0.4 is 10.1 Å². The maximum absolute atomic E-state index is 12.6. The summed E-state index contributed by atoms with van der Waals surface area (Å²) in [5.74, 6) is 1.77. The second-order valence-corrected chi connectivity index (χ2v) is 8.01. The van der Waals surface area contributed by atoms with Crippen LogP contribution in [0.4, 0.5) is 0 Å². The van der Waals surface area contributed by atoms with E-state index in [9.17, 15) is 4.79 Å². The Morgan fingerprint density at radius 2 is 2.00 bits per heavy atom. The molecule has 6 nitrogen and oxygen atoms in total. The van der Waals surface area contributed by atoms with Crippen molar-refractivity contribution in [2.24, 2.45) is 7.05 Å². The highest BCUT2D eigenvalue weighted by Crippen LogP contribution is 2.31. The summed E-state index contributed by atoms with van der Waals surface area (Å²) in [5.41, 5.74) is 3.46. The highest BCUT2D eigenvalue weighted by Gasteiger charge is 2.22. The first-order valence-corrected chi connectivity index (χ1v) is 10.7. The number of benzene rings is 2. The second-order valence-electron chi connectivity index (χ2n) is 7.07. The molecule has 1 atom stereocenters. The third kappa shape index (κ3) is 4.15. The van der Waals surface area contributed by atoms with Crippen LogP contribution in [0.25, 0.3) is 11.4 Å². The number of para-hydroxylation sites is 1. The van der Waals surface area contributed by atoms with Gasteiger partial charge in [-0.25, -0.2) is 0 Å². The maximum Gasteiger partial charge on any atom is 0.230 e. The Morgan fingerprint density at radius 3 is 2.86 bits per heavy atom. The van der Waals surface area contributed by atoms with E-state index in [2.05, 4.69) is 33.7 Å². The van der Waals surface area contributed by atoms with Gasteiger partial charge in [-0.15, -0.1) is 10.2 Å². The molecule has 1 amide bonds. The van der Waals surface area contributed by atoms with Gasteiger partial charge in [-0.1, -0.05) is 48.2 Å². The first-order chi connectivity index (χ1) is 14.2. The molecule has 0 fully saturated rings. The van der Waals surface area contributed by atoms with Gasteiger partial charge in [0, 0.05) is 7.05 Å². The minimum atomic E-state index is 0.0125. The summed E-state index contributed by atoms with van der Waals surface area (Å²) >= 11 is 1.39. The molecule has 1 aromatic heterocycles. The van der Waals surface area contributed by atoms with Gasteiger partial charge in [-0.05, 0) is 42.5 Å². The van der Waals surface area contributed by atoms with Gasteiger partial charge in [0.15, 0.2) is 11.0 Å². The lowest BCUT2D eigenvalue weighted by Crippen LogP contribution is -2.32. The van der Waals surface area contributed by atoms with Crippen LogP contribution >= 0.6 is 11.8 Å². The van der Waals surface area contributed by atoms with Crippen LogP contribution in [0.3, 0.4) is 0 Å². The number of amides is 1. The average Bonchev–Trinajstić information content (AvgIpc) is 3.12. The Morgan fingerprint density at radius 1 is 1.21 bits per heavy atom. The van der Waals surface area contributed by atoms with Crippen LogP contribution in [0.2, 0.25) is 0 Å². The van der Waals surface area contributed by atoms with Crippen molar-refractivity contribution in [1.82, 2.24) is 20.1 Å². The third-order valence-corrected chi connectivity index (χ3v) is 6.24. The van der Waals surface area contributed by atoms with E-state index in [1.165, 1.54) is 22.9 Å². The Balaban J connectivity index is 1.41. The van der Waals surface area contributed by atoms with Gasteiger partial charge in [-0.3, -0.25) is 4.79 Å². The molecular weight excluding hydrogens is 384 g/mol. The van der Waals surface area contributed by atoms with Crippen molar-refractivity contribution in [3.05, 3.63) is 59.7 Å². The van der Waals surface area contributed by atoms with Crippen molar-refractivity contribution in [3.8, 4) is 17.1 Å². The summed E-state index contributed by atoms with van der Waals surface area (Å²) in [7, 11) is 3.54. The van der Waals surface area contributed by atoms with E-state index in [0.29, 0.717) is 16.7 Å². The fourth-order valence-corrected chi connectivity index (χ4v) is 4.50. The molecule has 0 saturated carbocycles. The molecule has 29 heavy (non-hydrogen) atoms. The van der Waals surface area contributed by atoms with E-state index in [-0.39, 0.29) is 11.9 Å². The number of hydrogen-bond acceptors (Lipinski definition) is 5. The summed E-state index contributed by atoms with van der Waals surface area (Å²) in [6.07, 6.45) is 3.16. The first kappa shape index (κ1) is 19.5. The molecule has 0 radical (unpaired) electrons. The van der Waals surface area contributed by atoms with Crippen molar-refractivity contribution in [2.75, 3.05) is 12.9 Å². The van der Waals surface area contributed by atoms with Gasteiger partial charge in [0.05, 0.1) is 24.5 Å². The predicted octanol–water partition coefficient (Wildman–Crippen LogP) is 3.78. The largest absolute Gasteiger partial charge is 0.496 e.